The van der Waals surface area contributed by atoms with Gasteiger partial charge in [-0.3, -0.25) is 4.79 Å². The van der Waals surface area contributed by atoms with Crippen molar-refractivity contribution in [3.8, 4) is 0 Å². The monoisotopic (exact) mass is 290 g/mol. The molecule has 1 saturated heterocycles. The van der Waals surface area contributed by atoms with Crippen LogP contribution < -0.4 is 5.32 Å². The molecule has 1 N–H and O–H groups in total. The van der Waals surface area contributed by atoms with E-state index in [0.29, 0.717) is 13.1 Å². The highest BCUT2D eigenvalue weighted by Crippen LogP contribution is 2.18. The number of carbonyl (C=O) groups is 2. The van der Waals surface area contributed by atoms with Crippen molar-refractivity contribution in [2.24, 2.45) is 5.92 Å². The van der Waals surface area contributed by atoms with Gasteiger partial charge in [0.05, 0.1) is 0 Å². The van der Waals surface area contributed by atoms with Crippen LogP contribution in [-0.2, 0) is 9.53 Å². The van der Waals surface area contributed by atoms with Crippen LogP contribution >= 0.6 is 11.6 Å². The summed E-state index contributed by atoms with van der Waals surface area (Å²) in [6, 6.07) is 0. The maximum Gasteiger partial charge on any atom is 0.410 e. The third-order valence-corrected chi connectivity index (χ3v) is 3.12. The molecule has 0 saturated carbocycles. The number of carbonyl (C=O) groups excluding carboxylic acids is 2. The van der Waals surface area contributed by atoms with Crippen LogP contribution in [0.15, 0.2) is 0 Å². The van der Waals surface area contributed by atoms with Crippen molar-refractivity contribution in [1.82, 2.24) is 10.2 Å². The fraction of sp³-hybridized carbons (Fsp3) is 0.846. The number of nitrogens with one attached hydrogen (secondary N) is 1. The molecule has 5 nitrogen and oxygen atoms in total. The Morgan fingerprint density at radius 2 is 2.11 bits per heavy atom. The van der Waals surface area contributed by atoms with Crippen molar-refractivity contribution in [3.63, 3.8) is 0 Å². The van der Waals surface area contributed by atoms with Gasteiger partial charge in [-0.1, -0.05) is 0 Å². The molecule has 1 rings (SSSR count). The van der Waals surface area contributed by atoms with Crippen molar-refractivity contribution >= 4 is 23.6 Å². The number of amides is 2. The maximum atomic E-state index is 11.9. The number of likely N-dealkylation sites (tertiary alicyclic amines) is 1. The molecule has 1 aliphatic heterocycles. The molecule has 0 aromatic rings. The zero-order valence-electron chi connectivity index (χ0n) is 11.9. The lowest BCUT2D eigenvalue weighted by Crippen LogP contribution is -2.45. The molecule has 0 aromatic heterocycles. The van der Waals surface area contributed by atoms with Gasteiger partial charge in [-0.2, -0.15) is 0 Å². The van der Waals surface area contributed by atoms with E-state index >= 15 is 0 Å². The number of hydrogen-bond acceptors (Lipinski definition) is 3. The molecule has 0 aromatic carbocycles. The van der Waals surface area contributed by atoms with Gasteiger partial charge >= 0.3 is 6.09 Å². The van der Waals surface area contributed by atoms with Gasteiger partial charge in [-0.25, -0.2) is 4.79 Å². The van der Waals surface area contributed by atoms with Crippen LogP contribution in [0.3, 0.4) is 0 Å². The van der Waals surface area contributed by atoms with E-state index in [1.165, 1.54) is 0 Å². The number of rotatable bonds is 3. The Kier molecular flexibility index (Phi) is 5.91. The topological polar surface area (TPSA) is 58.6 Å². The summed E-state index contributed by atoms with van der Waals surface area (Å²) in [7, 11) is 0. The van der Waals surface area contributed by atoms with Crippen molar-refractivity contribution < 1.29 is 14.3 Å². The van der Waals surface area contributed by atoms with Crippen LogP contribution in [0.5, 0.6) is 0 Å². The van der Waals surface area contributed by atoms with Crippen LogP contribution in [0.2, 0.25) is 0 Å². The Labute approximate surface area is 119 Å². The fourth-order valence-corrected chi connectivity index (χ4v) is 2.12. The zero-order chi connectivity index (χ0) is 14.5. The summed E-state index contributed by atoms with van der Waals surface area (Å²) in [6.07, 6.45) is 1.66. The van der Waals surface area contributed by atoms with E-state index in [4.69, 9.17) is 16.3 Å². The number of piperidine rings is 1. The van der Waals surface area contributed by atoms with E-state index in [0.717, 1.165) is 19.4 Å². The van der Waals surface area contributed by atoms with Gasteiger partial charge in [0, 0.05) is 19.6 Å². The van der Waals surface area contributed by atoms with E-state index in [-0.39, 0.29) is 23.8 Å². The van der Waals surface area contributed by atoms with Gasteiger partial charge in [0.1, 0.15) is 11.5 Å². The Hall–Kier alpha value is -0.970. The average Bonchev–Trinajstić information content (AvgIpc) is 2.34. The second kappa shape index (κ2) is 6.98. The molecule has 1 fully saturated rings. The standard InChI is InChI=1S/C13H23ClN2O3/c1-13(2,3)19-12(18)16-6-4-5-10(9-16)8-15-11(17)7-14/h10H,4-9H2,1-3H3,(H,15,17)/t10-/m1/s1. The molecule has 0 radical (unpaired) electrons. The molecular formula is C13H23ClN2O3. The quantitative estimate of drug-likeness (QED) is 0.809. The highest BCUT2D eigenvalue weighted by atomic mass is 35.5. The molecule has 1 aliphatic rings. The van der Waals surface area contributed by atoms with Crippen molar-refractivity contribution in [3.05, 3.63) is 0 Å². The number of alkyl halides is 1. The molecule has 0 aliphatic carbocycles. The molecule has 110 valence electrons. The zero-order valence-corrected chi connectivity index (χ0v) is 12.6. The maximum absolute atomic E-state index is 11.9. The highest BCUT2D eigenvalue weighted by Gasteiger charge is 2.27. The van der Waals surface area contributed by atoms with Crippen LogP contribution in [0.4, 0.5) is 4.79 Å². The SMILES string of the molecule is CC(C)(C)OC(=O)N1CCC[C@H](CNC(=O)CCl)C1. The van der Waals surface area contributed by atoms with E-state index in [1.54, 1.807) is 4.90 Å². The minimum Gasteiger partial charge on any atom is -0.444 e. The predicted molar refractivity (Wildman–Crippen MR) is 74.3 cm³/mol. The number of halogens is 1. The molecular weight excluding hydrogens is 268 g/mol. The lowest BCUT2D eigenvalue weighted by Gasteiger charge is -2.34. The molecule has 6 heteroatoms. The van der Waals surface area contributed by atoms with Gasteiger partial charge in [0.15, 0.2) is 0 Å². The Balaban J connectivity index is 2.41. The lowest BCUT2D eigenvalue weighted by molar-refractivity contribution is -0.118. The summed E-state index contributed by atoms with van der Waals surface area (Å²) in [5.41, 5.74) is -0.475. The molecule has 19 heavy (non-hydrogen) atoms. The molecule has 0 bridgehead atoms. The first-order chi connectivity index (χ1) is 8.81. The Morgan fingerprint density at radius 1 is 1.42 bits per heavy atom. The smallest absolute Gasteiger partial charge is 0.410 e. The van der Waals surface area contributed by atoms with Crippen molar-refractivity contribution in [2.45, 2.75) is 39.2 Å². The third-order valence-electron chi connectivity index (χ3n) is 2.88. The Bertz CT molecular complexity index is 328. The summed E-state index contributed by atoms with van der Waals surface area (Å²) in [5.74, 6) is 0.0761. The minimum absolute atomic E-state index is 0.0253. The first-order valence-electron chi connectivity index (χ1n) is 6.62. The summed E-state index contributed by atoms with van der Waals surface area (Å²) in [5, 5.41) is 2.76. The number of nitrogens with zero attached hydrogens (tertiary/aromatic N) is 1. The van der Waals surface area contributed by atoms with E-state index < -0.39 is 5.60 Å². The second-order valence-corrected chi connectivity index (χ2v) is 6.14. The van der Waals surface area contributed by atoms with Gasteiger partial charge in [0.2, 0.25) is 5.91 Å². The number of ether oxygens (including phenoxy) is 1. The van der Waals surface area contributed by atoms with Crippen LogP contribution in [0, 0.1) is 5.92 Å². The average molecular weight is 291 g/mol. The van der Waals surface area contributed by atoms with Crippen LogP contribution in [-0.4, -0.2) is 48.0 Å². The van der Waals surface area contributed by atoms with Crippen molar-refractivity contribution in [2.75, 3.05) is 25.5 Å². The van der Waals surface area contributed by atoms with Gasteiger partial charge in [-0.15, -0.1) is 11.6 Å². The molecule has 0 unspecified atom stereocenters. The van der Waals surface area contributed by atoms with E-state index in [9.17, 15) is 9.59 Å². The molecule has 2 amide bonds. The van der Waals surface area contributed by atoms with Crippen LogP contribution in [0.25, 0.3) is 0 Å². The summed E-state index contributed by atoms with van der Waals surface area (Å²) in [6.45, 7) is 7.46. The second-order valence-electron chi connectivity index (χ2n) is 5.87. The van der Waals surface area contributed by atoms with Crippen molar-refractivity contribution in [1.29, 1.82) is 0 Å². The molecule has 1 atom stereocenters. The first-order valence-corrected chi connectivity index (χ1v) is 7.16. The first kappa shape index (κ1) is 16.1. The lowest BCUT2D eigenvalue weighted by atomic mass is 9.98. The summed E-state index contributed by atoms with van der Waals surface area (Å²) in [4.78, 5) is 24.8. The highest BCUT2D eigenvalue weighted by molar-refractivity contribution is 6.27. The Morgan fingerprint density at radius 3 is 2.68 bits per heavy atom. The van der Waals surface area contributed by atoms with Gasteiger partial charge in [0.25, 0.3) is 0 Å². The largest absolute Gasteiger partial charge is 0.444 e. The minimum atomic E-state index is -0.475. The number of hydrogen-bond donors (Lipinski definition) is 1. The van der Waals surface area contributed by atoms with Gasteiger partial charge < -0.3 is 15.0 Å². The fourth-order valence-electron chi connectivity index (χ4n) is 2.03. The van der Waals surface area contributed by atoms with E-state index in [1.807, 2.05) is 20.8 Å². The van der Waals surface area contributed by atoms with Gasteiger partial charge in [-0.05, 0) is 39.5 Å². The van der Waals surface area contributed by atoms with Crippen LogP contribution in [0.1, 0.15) is 33.6 Å². The predicted octanol–water partition coefficient (Wildman–Crippen LogP) is 1.99. The van der Waals surface area contributed by atoms with E-state index in [2.05, 4.69) is 5.32 Å². The summed E-state index contributed by atoms with van der Waals surface area (Å²) >= 11 is 5.42. The third kappa shape index (κ3) is 6.14. The molecule has 0 spiro atoms. The normalized spacial score (nSPS) is 20.0. The molecule has 1 heterocycles. The summed E-state index contributed by atoms with van der Waals surface area (Å²) < 4.78 is 5.35.